The zero-order valence-corrected chi connectivity index (χ0v) is 23.6. The number of piperidine rings is 1. The lowest BCUT2D eigenvalue weighted by Gasteiger charge is -2.44. The second-order valence-electron chi connectivity index (χ2n) is 12.9. The molecule has 2 aliphatic carbocycles. The molecule has 0 bridgehead atoms. The Balaban J connectivity index is 0.932. The molecule has 39 heavy (non-hydrogen) atoms. The molecule has 3 N–H and O–H groups in total. The highest BCUT2D eigenvalue weighted by Crippen LogP contribution is 2.42. The number of imidazole rings is 2. The van der Waals surface area contributed by atoms with Gasteiger partial charge in [0.1, 0.15) is 11.6 Å². The number of nitrogens with zero attached hydrogens (tertiary/aromatic N) is 5. The Kier molecular flexibility index (Phi) is 8.54. The molecule has 2 saturated heterocycles. The fraction of sp³-hybridized carbons (Fsp3) is 0.767. The molecule has 2 amide bonds. The van der Waals surface area contributed by atoms with Crippen LogP contribution < -0.4 is 5.32 Å². The first kappa shape index (κ1) is 26.8. The van der Waals surface area contributed by atoms with E-state index in [0.29, 0.717) is 18.5 Å². The van der Waals surface area contributed by atoms with Crippen LogP contribution in [-0.2, 0) is 13.1 Å². The molecule has 9 heteroatoms. The van der Waals surface area contributed by atoms with Gasteiger partial charge < -0.3 is 30.0 Å². The number of carbonyl (C=O) groups is 1. The van der Waals surface area contributed by atoms with Gasteiger partial charge in [0.2, 0.25) is 0 Å². The molecule has 0 unspecified atom stereocenters. The number of hydrogen-bond acceptors (Lipinski definition) is 5. The van der Waals surface area contributed by atoms with E-state index >= 15 is 0 Å². The van der Waals surface area contributed by atoms with Gasteiger partial charge in [-0.05, 0) is 88.8 Å². The lowest BCUT2D eigenvalue weighted by Crippen LogP contribution is -2.47. The van der Waals surface area contributed by atoms with Crippen molar-refractivity contribution < 1.29 is 4.79 Å². The van der Waals surface area contributed by atoms with Crippen molar-refractivity contribution in [2.24, 2.45) is 11.3 Å². The average molecular weight is 537 g/mol. The molecule has 4 fully saturated rings. The van der Waals surface area contributed by atoms with Crippen molar-refractivity contribution in [2.75, 3.05) is 32.7 Å². The van der Waals surface area contributed by atoms with Gasteiger partial charge in [0.05, 0.1) is 13.1 Å². The molecule has 0 atom stereocenters. The number of amides is 2. The van der Waals surface area contributed by atoms with Crippen molar-refractivity contribution >= 4 is 6.03 Å². The van der Waals surface area contributed by atoms with Crippen LogP contribution in [0.25, 0.3) is 0 Å². The maximum atomic E-state index is 13.2. The second-order valence-corrected chi connectivity index (χ2v) is 12.9. The highest BCUT2D eigenvalue weighted by molar-refractivity contribution is 5.74. The quantitative estimate of drug-likeness (QED) is 0.461. The molecule has 2 aliphatic heterocycles. The lowest BCUT2D eigenvalue weighted by atomic mass is 9.77. The van der Waals surface area contributed by atoms with Crippen LogP contribution in [0, 0.1) is 11.3 Å². The Hall–Kier alpha value is -2.39. The predicted octanol–water partition coefficient (Wildman–Crippen LogP) is 4.52. The van der Waals surface area contributed by atoms with Gasteiger partial charge in [-0.1, -0.05) is 19.3 Å². The van der Waals surface area contributed by atoms with Crippen LogP contribution in [0.15, 0.2) is 24.8 Å². The van der Waals surface area contributed by atoms with E-state index in [4.69, 9.17) is 0 Å². The summed E-state index contributed by atoms with van der Waals surface area (Å²) < 4.78 is 0. The van der Waals surface area contributed by atoms with Crippen LogP contribution in [-0.4, -0.2) is 85.5 Å². The molecule has 4 aliphatic rings. The summed E-state index contributed by atoms with van der Waals surface area (Å²) >= 11 is 0. The van der Waals surface area contributed by atoms with Crippen LogP contribution in [0.3, 0.4) is 0 Å². The highest BCUT2D eigenvalue weighted by Gasteiger charge is 2.42. The van der Waals surface area contributed by atoms with Crippen molar-refractivity contribution in [3.63, 3.8) is 0 Å². The molecule has 6 rings (SSSR count). The summed E-state index contributed by atoms with van der Waals surface area (Å²) in [5.41, 5.74) is 0.585. The van der Waals surface area contributed by atoms with E-state index in [0.717, 1.165) is 36.5 Å². The molecule has 9 nitrogen and oxygen atoms in total. The number of aromatic nitrogens is 4. The summed E-state index contributed by atoms with van der Waals surface area (Å²) in [6.45, 7) is 7.39. The number of H-pyrrole nitrogens is 2. The molecule has 4 heterocycles. The van der Waals surface area contributed by atoms with E-state index in [-0.39, 0.29) is 12.1 Å². The Bertz CT molecular complexity index is 966. The molecule has 214 valence electrons. The molecule has 2 saturated carbocycles. The van der Waals surface area contributed by atoms with Gasteiger partial charge in [-0.25, -0.2) is 14.8 Å². The van der Waals surface area contributed by atoms with E-state index in [1.54, 1.807) is 29.7 Å². The average Bonchev–Trinajstić information content (AvgIpc) is 3.75. The van der Waals surface area contributed by atoms with Crippen LogP contribution >= 0.6 is 0 Å². The summed E-state index contributed by atoms with van der Waals surface area (Å²) in [5.74, 6) is 2.32. The SMILES string of the molecule is O=C(NC1CCC(CN2CCC3(CCN(C4CCCCC4)CC3)C2)CC1)N(Cc1ncc[nH]1)Cc1ncc[nH]1. The first-order chi connectivity index (χ1) is 19.1. The number of nitrogens with one attached hydrogen (secondary N) is 3. The highest BCUT2D eigenvalue weighted by atomic mass is 16.2. The second kappa shape index (κ2) is 12.4. The predicted molar refractivity (Wildman–Crippen MR) is 152 cm³/mol. The molecular weight excluding hydrogens is 488 g/mol. The summed E-state index contributed by atoms with van der Waals surface area (Å²) in [6, 6.07) is 1.09. The standard InChI is InChI=1S/C30H48N8O/c39-29(38(21-27-31-13-14-32-27)22-28-33-15-16-34-28)35-25-8-6-24(7-9-25)20-36-17-10-30(23-36)11-18-37(19-12-30)26-4-2-1-3-5-26/h13-16,24-26H,1-12,17-23H2,(H,31,32)(H,33,34)(H,35,39). The number of urea groups is 1. The van der Waals surface area contributed by atoms with Gasteiger partial charge in [-0.2, -0.15) is 0 Å². The van der Waals surface area contributed by atoms with E-state index < -0.39 is 0 Å². The normalized spacial score (nSPS) is 26.7. The third kappa shape index (κ3) is 6.85. The van der Waals surface area contributed by atoms with Crippen molar-refractivity contribution in [1.29, 1.82) is 0 Å². The monoisotopic (exact) mass is 536 g/mol. The molecule has 1 spiro atoms. The van der Waals surface area contributed by atoms with Gasteiger partial charge in [-0.3, -0.25) is 0 Å². The van der Waals surface area contributed by atoms with Crippen molar-refractivity contribution in [3.05, 3.63) is 36.4 Å². The number of carbonyl (C=O) groups excluding carboxylic acids is 1. The smallest absolute Gasteiger partial charge is 0.318 e. The van der Waals surface area contributed by atoms with Crippen LogP contribution in [0.4, 0.5) is 4.79 Å². The fourth-order valence-corrected chi connectivity index (χ4v) is 7.85. The van der Waals surface area contributed by atoms with Crippen molar-refractivity contribution in [2.45, 2.75) is 102 Å². The van der Waals surface area contributed by atoms with Gasteiger partial charge in [-0.15, -0.1) is 0 Å². The van der Waals surface area contributed by atoms with E-state index in [2.05, 4.69) is 35.1 Å². The molecular formula is C30H48N8O. The summed E-state index contributed by atoms with van der Waals surface area (Å²) in [7, 11) is 0. The fourth-order valence-electron chi connectivity index (χ4n) is 7.85. The first-order valence-electron chi connectivity index (χ1n) is 15.6. The summed E-state index contributed by atoms with van der Waals surface area (Å²) in [5, 5.41) is 3.32. The topological polar surface area (TPSA) is 96.2 Å². The lowest BCUT2D eigenvalue weighted by molar-refractivity contribution is 0.0602. The molecule has 2 aromatic heterocycles. The zero-order valence-electron chi connectivity index (χ0n) is 23.6. The van der Waals surface area contributed by atoms with Crippen molar-refractivity contribution in [1.82, 2.24) is 40.0 Å². The Morgan fingerprint density at radius 2 is 1.54 bits per heavy atom. The first-order valence-corrected chi connectivity index (χ1v) is 15.6. The summed E-state index contributed by atoms with van der Waals surface area (Å²) in [6.07, 6.45) is 23.0. The van der Waals surface area contributed by atoms with Crippen molar-refractivity contribution in [3.8, 4) is 0 Å². The minimum atomic E-state index is -0.0349. The van der Waals surface area contributed by atoms with Crippen LogP contribution in [0.5, 0.6) is 0 Å². The third-order valence-electron chi connectivity index (χ3n) is 10.2. The number of likely N-dealkylation sites (tertiary alicyclic amines) is 2. The minimum absolute atomic E-state index is 0.0349. The van der Waals surface area contributed by atoms with Crippen LogP contribution in [0.1, 0.15) is 88.7 Å². The maximum absolute atomic E-state index is 13.2. The largest absolute Gasteiger partial charge is 0.347 e. The Morgan fingerprint density at radius 1 is 0.897 bits per heavy atom. The summed E-state index contributed by atoms with van der Waals surface area (Å²) in [4.78, 5) is 35.5. The van der Waals surface area contributed by atoms with E-state index in [1.165, 1.54) is 96.9 Å². The molecule has 0 radical (unpaired) electrons. The van der Waals surface area contributed by atoms with Gasteiger partial charge >= 0.3 is 6.03 Å². The Labute approximate surface area is 233 Å². The zero-order chi connectivity index (χ0) is 26.5. The third-order valence-corrected chi connectivity index (χ3v) is 10.2. The number of aromatic amines is 2. The van der Waals surface area contributed by atoms with E-state index in [1.807, 2.05) is 0 Å². The maximum Gasteiger partial charge on any atom is 0.318 e. The van der Waals surface area contributed by atoms with Gasteiger partial charge in [0.25, 0.3) is 0 Å². The molecule has 0 aromatic carbocycles. The number of rotatable bonds is 8. The molecule has 2 aromatic rings. The van der Waals surface area contributed by atoms with Crippen LogP contribution in [0.2, 0.25) is 0 Å². The Morgan fingerprint density at radius 3 is 2.15 bits per heavy atom. The van der Waals surface area contributed by atoms with Gasteiger partial charge in [0.15, 0.2) is 0 Å². The van der Waals surface area contributed by atoms with E-state index in [9.17, 15) is 4.79 Å². The number of hydrogen-bond donors (Lipinski definition) is 3. The van der Waals surface area contributed by atoms with Gasteiger partial charge in [0, 0.05) is 50.0 Å². The minimum Gasteiger partial charge on any atom is -0.347 e.